The highest BCUT2D eigenvalue weighted by molar-refractivity contribution is 5.31. The van der Waals surface area contributed by atoms with Gasteiger partial charge in [0.15, 0.2) is 0 Å². The summed E-state index contributed by atoms with van der Waals surface area (Å²) < 4.78 is 39.0. The van der Waals surface area contributed by atoms with Gasteiger partial charge in [-0.1, -0.05) is 0 Å². The van der Waals surface area contributed by atoms with Crippen molar-refractivity contribution in [3.63, 3.8) is 0 Å². The van der Waals surface area contributed by atoms with Gasteiger partial charge in [0.05, 0.1) is 52.4 Å². The van der Waals surface area contributed by atoms with E-state index in [1.807, 2.05) is 69.3 Å². The third-order valence-electron chi connectivity index (χ3n) is 5.02. The number of ether oxygens (including phenoxy) is 7. The summed E-state index contributed by atoms with van der Waals surface area (Å²) in [5.41, 5.74) is -0.441. The predicted octanol–water partition coefficient (Wildman–Crippen LogP) is 4.38. The van der Waals surface area contributed by atoms with Crippen LogP contribution in [-0.2, 0) is 14.2 Å². The number of benzene rings is 2. The van der Waals surface area contributed by atoms with Gasteiger partial charge in [-0.25, -0.2) is 0 Å². The van der Waals surface area contributed by atoms with Crippen LogP contribution in [0.1, 0.15) is 20.8 Å². The Morgan fingerprint density at radius 2 is 1.06 bits per heavy atom. The highest BCUT2D eigenvalue weighted by Gasteiger charge is 2.27. The van der Waals surface area contributed by atoms with Crippen molar-refractivity contribution in [2.45, 2.75) is 32.5 Å². The van der Waals surface area contributed by atoms with E-state index in [0.717, 1.165) is 23.0 Å². The maximum atomic E-state index is 5.96. The fraction of sp³-hybridized carbons (Fsp3) is 0.520. The SMILES string of the molecule is COc1ccc(OCCOCCOC(C)(C)[C@@H](C)OCCOc2ccc(OC)cc2)cc1. The fourth-order valence-corrected chi connectivity index (χ4v) is 2.73. The van der Waals surface area contributed by atoms with Crippen LogP contribution in [0.25, 0.3) is 0 Å². The lowest BCUT2D eigenvalue weighted by Crippen LogP contribution is -2.40. The average Bonchev–Trinajstić information content (AvgIpc) is 2.81. The summed E-state index contributed by atoms with van der Waals surface area (Å²) in [6, 6.07) is 14.9. The minimum absolute atomic E-state index is 0.0969. The van der Waals surface area contributed by atoms with Crippen LogP contribution in [0.15, 0.2) is 48.5 Å². The van der Waals surface area contributed by atoms with Crippen LogP contribution in [0, 0.1) is 0 Å². The number of hydrogen-bond donors (Lipinski definition) is 0. The molecular weight excluding hydrogens is 412 g/mol. The minimum Gasteiger partial charge on any atom is -0.497 e. The van der Waals surface area contributed by atoms with Gasteiger partial charge in [-0.05, 0) is 69.3 Å². The second kappa shape index (κ2) is 13.8. The maximum absolute atomic E-state index is 5.96. The number of methoxy groups -OCH3 is 2. The fourth-order valence-electron chi connectivity index (χ4n) is 2.73. The van der Waals surface area contributed by atoms with Gasteiger partial charge in [-0.15, -0.1) is 0 Å². The Balaban J connectivity index is 1.52. The van der Waals surface area contributed by atoms with Crippen LogP contribution in [-0.4, -0.2) is 65.6 Å². The molecule has 0 aromatic heterocycles. The first kappa shape index (κ1) is 25.8. The topological polar surface area (TPSA) is 64.6 Å². The molecule has 0 aliphatic heterocycles. The monoisotopic (exact) mass is 448 g/mol. The summed E-state index contributed by atoms with van der Waals surface area (Å²) >= 11 is 0. The zero-order valence-electron chi connectivity index (χ0n) is 19.8. The van der Waals surface area contributed by atoms with Gasteiger partial charge in [-0.3, -0.25) is 0 Å². The van der Waals surface area contributed by atoms with E-state index in [9.17, 15) is 0 Å². The largest absolute Gasteiger partial charge is 0.497 e. The van der Waals surface area contributed by atoms with Crippen LogP contribution in [0.3, 0.4) is 0 Å². The van der Waals surface area contributed by atoms with Crippen LogP contribution < -0.4 is 18.9 Å². The molecule has 7 nitrogen and oxygen atoms in total. The lowest BCUT2D eigenvalue weighted by Gasteiger charge is -2.32. The zero-order chi connectivity index (χ0) is 23.2. The van der Waals surface area contributed by atoms with Crippen LogP contribution in [0.4, 0.5) is 0 Å². The molecule has 32 heavy (non-hydrogen) atoms. The molecule has 0 spiro atoms. The maximum Gasteiger partial charge on any atom is 0.119 e. The van der Waals surface area contributed by atoms with E-state index in [-0.39, 0.29) is 6.10 Å². The molecular formula is C25H36O7. The van der Waals surface area contributed by atoms with Crippen LogP contribution >= 0.6 is 0 Å². The molecule has 7 heteroatoms. The van der Waals surface area contributed by atoms with Crippen LogP contribution in [0.2, 0.25) is 0 Å². The van der Waals surface area contributed by atoms with E-state index in [0.29, 0.717) is 39.6 Å². The Morgan fingerprint density at radius 1 is 0.625 bits per heavy atom. The van der Waals surface area contributed by atoms with Gasteiger partial charge in [0.1, 0.15) is 36.2 Å². The molecule has 0 bridgehead atoms. The highest BCUT2D eigenvalue weighted by atomic mass is 16.6. The average molecular weight is 449 g/mol. The molecule has 2 aromatic carbocycles. The Hall–Kier alpha value is -2.48. The molecule has 0 heterocycles. The number of hydrogen-bond acceptors (Lipinski definition) is 7. The van der Waals surface area contributed by atoms with Gasteiger partial charge < -0.3 is 33.2 Å². The molecule has 0 saturated carbocycles. The van der Waals surface area contributed by atoms with Crippen molar-refractivity contribution in [2.24, 2.45) is 0 Å². The van der Waals surface area contributed by atoms with Gasteiger partial charge in [0, 0.05) is 0 Å². The minimum atomic E-state index is -0.441. The zero-order valence-corrected chi connectivity index (χ0v) is 19.8. The summed E-state index contributed by atoms with van der Waals surface area (Å²) in [6.07, 6.45) is -0.0969. The summed E-state index contributed by atoms with van der Waals surface area (Å²) in [4.78, 5) is 0. The van der Waals surface area contributed by atoms with Crippen molar-refractivity contribution in [3.05, 3.63) is 48.5 Å². The van der Waals surface area contributed by atoms with Crippen molar-refractivity contribution in [1.29, 1.82) is 0 Å². The molecule has 0 N–H and O–H groups in total. The molecule has 0 amide bonds. The molecule has 0 saturated heterocycles. The van der Waals surface area contributed by atoms with Crippen molar-refractivity contribution >= 4 is 0 Å². The van der Waals surface area contributed by atoms with Gasteiger partial charge in [0.2, 0.25) is 0 Å². The van der Waals surface area contributed by atoms with Crippen molar-refractivity contribution in [1.82, 2.24) is 0 Å². The first-order valence-electron chi connectivity index (χ1n) is 10.8. The van der Waals surface area contributed by atoms with Crippen molar-refractivity contribution in [2.75, 3.05) is 53.9 Å². The van der Waals surface area contributed by atoms with Gasteiger partial charge in [-0.2, -0.15) is 0 Å². The van der Waals surface area contributed by atoms with Crippen LogP contribution in [0.5, 0.6) is 23.0 Å². The number of rotatable bonds is 16. The summed E-state index contributed by atoms with van der Waals surface area (Å²) in [6.45, 7) is 8.88. The third-order valence-corrected chi connectivity index (χ3v) is 5.02. The molecule has 2 aromatic rings. The van der Waals surface area contributed by atoms with E-state index in [2.05, 4.69) is 0 Å². The molecule has 0 fully saturated rings. The molecule has 1 atom stereocenters. The predicted molar refractivity (Wildman–Crippen MR) is 123 cm³/mol. The van der Waals surface area contributed by atoms with E-state index in [1.165, 1.54) is 0 Å². The summed E-state index contributed by atoms with van der Waals surface area (Å²) in [5, 5.41) is 0. The Bertz CT molecular complexity index is 744. The summed E-state index contributed by atoms with van der Waals surface area (Å²) in [7, 11) is 3.28. The van der Waals surface area contributed by atoms with E-state index < -0.39 is 5.60 Å². The first-order valence-corrected chi connectivity index (χ1v) is 10.8. The molecule has 2 rings (SSSR count). The molecule has 0 aliphatic rings. The van der Waals surface area contributed by atoms with Gasteiger partial charge >= 0.3 is 0 Å². The smallest absolute Gasteiger partial charge is 0.119 e. The van der Waals surface area contributed by atoms with E-state index in [4.69, 9.17) is 33.2 Å². The van der Waals surface area contributed by atoms with Crippen molar-refractivity contribution < 1.29 is 33.2 Å². The first-order chi connectivity index (χ1) is 15.4. The molecule has 0 aliphatic carbocycles. The molecule has 178 valence electrons. The Morgan fingerprint density at radius 3 is 1.56 bits per heavy atom. The normalized spacial score (nSPS) is 12.3. The third kappa shape index (κ3) is 9.34. The Kier molecular flexibility index (Phi) is 11.1. The van der Waals surface area contributed by atoms with Crippen molar-refractivity contribution in [3.8, 4) is 23.0 Å². The molecule has 0 unspecified atom stereocenters. The van der Waals surface area contributed by atoms with E-state index in [1.54, 1.807) is 14.2 Å². The lowest BCUT2D eigenvalue weighted by atomic mass is 10.0. The van der Waals surface area contributed by atoms with E-state index >= 15 is 0 Å². The quantitative estimate of drug-likeness (QED) is 0.353. The second-order valence-electron chi connectivity index (χ2n) is 7.63. The second-order valence-corrected chi connectivity index (χ2v) is 7.63. The molecule has 0 radical (unpaired) electrons. The Labute approximate surface area is 191 Å². The standard InChI is InChI=1S/C25H36O7/c1-20(29-17-18-31-24-12-8-22(27-5)9-13-24)25(2,3)32-19-15-28-14-16-30-23-10-6-21(26-4)7-11-23/h6-13,20H,14-19H2,1-5H3/t20-/m1/s1. The highest BCUT2D eigenvalue weighted by Crippen LogP contribution is 2.19. The lowest BCUT2D eigenvalue weighted by molar-refractivity contribution is -0.131. The summed E-state index contributed by atoms with van der Waals surface area (Å²) in [5.74, 6) is 3.17. The van der Waals surface area contributed by atoms with Gasteiger partial charge in [0.25, 0.3) is 0 Å².